The molecule has 0 radical (unpaired) electrons. The number of hydrogen-bond donors (Lipinski definition) is 1. The molecule has 1 aromatic rings. The fourth-order valence-electron chi connectivity index (χ4n) is 3.47. The number of fused-ring (bicyclic) bond motifs is 1. The van der Waals surface area contributed by atoms with Crippen molar-refractivity contribution in [3.63, 3.8) is 0 Å². The predicted octanol–water partition coefficient (Wildman–Crippen LogP) is 1.92. The van der Waals surface area contributed by atoms with Crippen LogP contribution in [0.5, 0.6) is 0 Å². The Hall–Kier alpha value is -1.84. The summed E-state index contributed by atoms with van der Waals surface area (Å²) in [5.41, 5.74) is 1.07. The van der Waals surface area contributed by atoms with Crippen molar-refractivity contribution in [2.45, 2.75) is 38.1 Å². The van der Waals surface area contributed by atoms with E-state index in [9.17, 15) is 9.59 Å². The van der Waals surface area contributed by atoms with Gasteiger partial charge in [0.15, 0.2) is 0 Å². The number of benzene rings is 1. The molecule has 2 fully saturated rings. The Morgan fingerprint density at radius 1 is 1.29 bits per heavy atom. The van der Waals surface area contributed by atoms with Crippen LogP contribution in [0.25, 0.3) is 0 Å². The van der Waals surface area contributed by atoms with Crippen molar-refractivity contribution in [3.8, 4) is 0 Å². The van der Waals surface area contributed by atoms with Crippen LogP contribution in [0.15, 0.2) is 30.3 Å². The van der Waals surface area contributed by atoms with Crippen LogP contribution in [0.4, 0.5) is 0 Å². The maximum absolute atomic E-state index is 12.7. The van der Waals surface area contributed by atoms with E-state index in [4.69, 9.17) is 0 Å². The number of rotatable bonds is 2. The van der Waals surface area contributed by atoms with Crippen molar-refractivity contribution < 1.29 is 9.59 Å². The molecular weight excluding hydrogens is 264 g/mol. The summed E-state index contributed by atoms with van der Waals surface area (Å²) in [7, 11) is 0. The van der Waals surface area contributed by atoms with Gasteiger partial charge in [-0.1, -0.05) is 30.3 Å². The zero-order valence-electron chi connectivity index (χ0n) is 12.4. The Kier molecular flexibility index (Phi) is 3.95. The molecule has 2 aliphatic heterocycles. The number of carbonyl (C=O) groups is 2. The minimum atomic E-state index is -0.0964. The predicted molar refractivity (Wildman–Crippen MR) is 80.7 cm³/mol. The summed E-state index contributed by atoms with van der Waals surface area (Å²) in [5, 5.41) is 3.06. The normalized spacial score (nSPS) is 26.7. The fourth-order valence-corrected chi connectivity index (χ4v) is 3.47. The molecule has 0 aliphatic carbocycles. The highest BCUT2D eigenvalue weighted by Gasteiger charge is 2.36. The zero-order valence-corrected chi connectivity index (χ0v) is 12.4. The van der Waals surface area contributed by atoms with Gasteiger partial charge in [0.1, 0.15) is 0 Å². The van der Waals surface area contributed by atoms with E-state index in [-0.39, 0.29) is 23.8 Å². The van der Waals surface area contributed by atoms with Crippen LogP contribution in [0, 0.1) is 5.92 Å². The van der Waals surface area contributed by atoms with Gasteiger partial charge in [-0.25, -0.2) is 0 Å². The number of nitrogens with zero attached hydrogens (tertiary/aromatic N) is 1. The largest absolute Gasteiger partial charge is 0.353 e. The van der Waals surface area contributed by atoms with Crippen molar-refractivity contribution in [3.05, 3.63) is 35.9 Å². The summed E-state index contributed by atoms with van der Waals surface area (Å²) in [5.74, 6) is 0.689. The third-order valence-corrected chi connectivity index (χ3v) is 4.80. The Bertz CT molecular complexity index is 529. The van der Waals surface area contributed by atoms with Crippen molar-refractivity contribution >= 4 is 11.8 Å². The summed E-state index contributed by atoms with van der Waals surface area (Å²) in [6, 6.07) is 10.2. The molecule has 4 heteroatoms. The highest BCUT2D eigenvalue weighted by molar-refractivity contribution is 5.83. The molecule has 21 heavy (non-hydrogen) atoms. The second kappa shape index (κ2) is 5.88. The fraction of sp³-hybridized carbons (Fsp3) is 0.529. The highest BCUT2D eigenvalue weighted by Crippen LogP contribution is 2.27. The SMILES string of the molecule is CC(C(=O)N1CCC2NC(=O)CCC2C1)c1ccccc1. The third kappa shape index (κ3) is 2.94. The smallest absolute Gasteiger partial charge is 0.229 e. The molecule has 2 amide bonds. The standard InChI is InChI=1S/C17H22N2O2/c1-12(13-5-3-2-4-6-13)17(21)19-10-9-15-14(11-19)7-8-16(20)18-15/h2-6,12,14-15H,7-11H2,1H3,(H,18,20). The van der Waals surface area contributed by atoms with Gasteiger partial charge in [-0.3, -0.25) is 9.59 Å². The molecule has 112 valence electrons. The van der Waals surface area contributed by atoms with Crippen LogP contribution in [0.3, 0.4) is 0 Å². The monoisotopic (exact) mass is 286 g/mol. The van der Waals surface area contributed by atoms with E-state index in [0.717, 1.165) is 31.5 Å². The van der Waals surface area contributed by atoms with E-state index in [1.807, 2.05) is 42.2 Å². The number of amides is 2. The van der Waals surface area contributed by atoms with Crippen LogP contribution in [-0.2, 0) is 9.59 Å². The number of piperidine rings is 2. The topological polar surface area (TPSA) is 49.4 Å². The Morgan fingerprint density at radius 3 is 2.81 bits per heavy atom. The minimum Gasteiger partial charge on any atom is -0.353 e. The molecule has 1 aromatic carbocycles. The van der Waals surface area contributed by atoms with Crippen LogP contribution in [0.1, 0.15) is 37.7 Å². The van der Waals surface area contributed by atoms with Gasteiger partial charge < -0.3 is 10.2 Å². The zero-order chi connectivity index (χ0) is 14.8. The lowest BCUT2D eigenvalue weighted by Gasteiger charge is -2.42. The maximum Gasteiger partial charge on any atom is 0.229 e. The van der Waals surface area contributed by atoms with Gasteiger partial charge in [0, 0.05) is 25.6 Å². The van der Waals surface area contributed by atoms with Crippen LogP contribution >= 0.6 is 0 Å². The summed E-state index contributed by atoms with van der Waals surface area (Å²) in [6.45, 7) is 3.50. The van der Waals surface area contributed by atoms with Crippen LogP contribution in [0.2, 0.25) is 0 Å². The van der Waals surface area contributed by atoms with Gasteiger partial charge in [0.05, 0.1) is 5.92 Å². The first-order valence-corrected chi connectivity index (χ1v) is 7.78. The maximum atomic E-state index is 12.7. The quantitative estimate of drug-likeness (QED) is 0.903. The highest BCUT2D eigenvalue weighted by atomic mass is 16.2. The third-order valence-electron chi connectivity index (χ3n) is 4.80. The summed E-state index contributed by atoms with van der Waals surface area (Å²) in [4.78, 5) is 26.1. The average molecular weight is 286 g/mol. The number of nitrogens with one attached hydrogen (secondary N) is 1. The first-order valence-electron chi connectivity index (χ1n) is 7.78. The average Bonchev–Trinajstić information content (AvgIpc) is 2.53. The molecule has 0 aromatic heterocycles. The van der Waals surface area contributed by atoms with Crippen molar-refractivity contribution in [2.75, 3.05) is 13.1 Å². The molecule has 0 spiro atoms. The molecule has 0 bridgehead atoms. The Labute approximate surface area is 125 Å². The molecule has 4 nitrogen and oxygen atoms in total. The second-order valence-corrected chi connectivity index (χ2v) is 6.18. The Balaban J connectivity index is 1.65. The van der Waals surface area contributed by atoms with Crippen molar-refractivity contribution in [1.82, 2.24) is 10.2 Å². The number of likely N-dealkylation sites (tertiary alicyclic amines) is 1. The van der Waals surface area contributed by atoms with E-state index in [0.29, 0.717) is 12.3 Å². The van der Waals surface area contributed by atoms with Crippen LogP contribution < -0.4 is 5.32 Å². The van der Waals surface area contributed by atoms with E-state index in [1.54, 1.807) is 0 Å². The van der Waals surface area contributed by atoms with Gasteiger partial charge in [-0.05, 0) is 31.2 Å². The molecule has 1 N–H and O–H groups in total. The second-order valence-electron chi connectivity index (χ2n) is 6.18. The van der Waals surface area contributed by atoms with Crippen LogP contribution in [-0.4, -0.2) is 35.8 Å². The van der Waals surface area contributed by atoms with Gasteiger partial charge in [-0.2, -0.15) is 0 Å². The molecule has 0 saturated carbocycles. The first-order chi connectivity index (χ1) is 10.1. The molecule has 2 saturated heterocycles. The lowest BCUT2D eigenvalue weighted by molar-refractivity contribution is -0.135. The van der Waals surface area contributed by atoms with Gasteiger partial charge in [0.25, 0.3) is 0 Å². The van der Waals surface area contributed by atoms with Gasteiger partial charge in [-0.15, -0.1) is 0 Å². The molecular formula is C17H22N2O2. The molecule has 2 aliphatic rings. The Morgan fingerprint density at radius 2 is 2.05 bits per heavy atom. The summed E-state index contributed by atoms with van der Waals surface area (Å²) >= 11 is 0. The van der Waals surface area contributed by atoms with Crippen molar-refractivity contribution in [1.29, 1.82) is 0 Å². The van der Waals surface area contributed by atoms with Gasteiger partial charge in [0.2, 0.25) is 11.8 Å². The van der Waals surface area contributed by atoms with E-state index >= 15 is 0 Å². The summed E-state index contributed by atoms with van der Waals surface area (Å²) in [6.07, 6.45) is 2.38. The van der Waals surface area contributed by atoms with Gasteiger partial charge >= 0.3 is 0 Å². The minimum absolute atomic E-state index is 0.0964. The number of carbonyl (C=O) groups excluding carboxylic acids is 2. The molecule has 3 unspecified atom stereocenters. The number of hydrogen-bond acceptors (Lipinski definition) is 2. The van der Waals surface area contributed by atoms with E-state index in [1.165, 1.54) is 0 Å². The molecule has 3 rings (SSSR count). The molecule has 2 heterocycles. The summed E-state index contributed by atoms with van der Waals surface area (Å²) < 4.78 is 0. The molecule has 3 atom stereocenters. The lowest BCUT2D eigenvalue weighted by atomic mass is 9.84. The van der Waals surface area contributed by atoms with E-state index in [2.05, 4.69) is 5.32 Å². The van der Waals surface area contributed by atoms with E-state index < -0.39 is 0 Å². The first kappa shape index (κ1) is 14.1. The lowest BCUT2D eigenvalue weighted by Crippen LogP contribution is -2.55. The van der Waals surface area contributed by atoms with Crippen molar-refractivity contribution in [2.24, 2.45) is 5.92 Å².